The molecule has 0 aliphatic rings. The second-order valence-corrected chi connectivity index (χ2v) is 10.1. The van der Waals surface area contributed by atoms with Crippen LogP contribution in [0.5, 0.6) is 0 Å². The topological polar surface area (TPSA) is 85.5 Å². The summed E-state index contributed by atoms with van der Waals surface area (Å²) in [6, 6.07) is 16.6. The highest BCUT2D eigenvalue weighted by molar-refractivity contribution is 6.38. The van der Waals surface area contributed by atoms with Gasteiger partial charge in [-0.05, 0) is 34.5 Å². The number of fused-ring (bicyclic) bond motifs is 1. The van der Waals surface area contributed by atoms with E-state index in [1.54, 1.807) is 36.9 Å². The summed E-state index contributed by atoms with van der Waals surface area (Å²) in [7, 11) is 5.19. The molecule has 0 saturated heterocycles. The maximum Gasteiger partial charge on any atom is 0.433 e. The van der Waals surface area contributed by atoms with Crippen LogP contribution in [0.15, 0.2) is 84.6 Å². The molecule has 2 aromatic carbocycles. The van der Waals surface area contributed by atoms with E-state index in [0.717, 1.165) is 17.8 Å². The lowest BCUT2D eigenvalue weighted by atomic mass is 9.81. The van der Waals surface area contributed by atoms with Crippen LogP contribution in [0.2, 0.25) is 5.02 Å². The van der Waals surface area contributed by atoms with Crippen molar-refractivity contribution in [3.63, 3.8) is 0 Å². The number of methoxy groups -OCH3 is 1. The van der Waals surface area contributed by atoms with Gasteiger partial charge in [0.1, 0.15) is 11.5 Å². The van der Waals surface area contributed by atoms with Crippen LogP contribution < -0.4 is 4.90 Å². The number of anilines is 1. The van der Waals surface area contributed by atoms with Crippen molar-refractivity contribution in [3.05, 3.63) is 112 Å². The predicted octanol–water partition coefficient (Wildman–Crippen LogP) is 6.84. The van der Waals surface area contributed by atoms with Gasteiger partial charge in [-0.15, -0.1) is 4.91 Å². The molecule has 1 atom stereocenters. The number of benzene rings is 2. The Morgan fingerprint density at radius 1 is 1.05 bits per heavy atom. The maximum absolute atomic E-state index is 13.3. The van der Waals surface area contributed by atoms with Crippen molar-refractivity contribution in [2.45, 2.75) is 11.7 Å². The van der Waals surface area contributed by atoms with Crippen molar-refractivity contribution in [1.29, 1.82) is 0 Å². The average molecular weight is 595 g/mol. The van der Waals surface area contributed by atoms with Gasteiger partial charge in [0, 0.05) is 50.5 Å². The van der Waals surface area contributed by atoms with E-state index < -0.39 is 17.4 Å². The van der Waals surface area contributed by atoms with Crippen molar-refractivity contribution < 1.29 is 17.9 Å². The summed E-state index contributed by atoms with van der Waals surface area (Å²) in [6.07, 6.45) is -0.693. The second-order valence-electron chi connectivity index (χ2n) is 9.76. The van der Waals surface area contributed by atoms with Crippen LogP contribution >= 0.6 is 11.6 Å². The SMILES string of the molecule is COCCN(C)c1nc2ccc(C(N=O)(c3ccc(C(F)(F)F)nc3)c3cncn3C)cc2c(Cl)c1-c1ccccc1. The van der Waals surface area contributed by atoms with Crippen LogP contribution in [-0.2, 0) is 23.5 Å². The Labute approximate surface area is 244 Å². The summed E-state index contributed by atoms with van der Waals surface area (Å²) >= 11 is 7.14. The number of likely N-dealkylation sites (N-methyl/N-ethyl adjacent to an activating group) is 1. The maximum atomic E-state index is 13.3. The number of hydrogen-bond acceptors (Lipinski definition) is 7. The molecule has 3 heterocycles. The molecule has 1 unspecified atom stereocenters. The molecule has 0 amide bonds. The molecule has 216 valence electrons. The average Bonchev–Trinajstić information content (AvgIpc) is 3.42. The van der Waals surface area contributed by atoms with E-state index in [-0.39, 0.29) is 5.56 Å². The monoisotopic (exact) mass is 594 g/mol. The molecule has 0 spiro atoms. The third-order valence-corrected chi connectivity index (χ3v) is 7.56. The minimum absolute atomic E-state index is 0.136. The van der Waals surface area contributed by atoms with Crippen LogP contribution in [0.1, 0.15) is 22.5 Å². The summed E-state index contributed by atoms with van der Waals surface area (Å²) in [4.78, 5) is 27.5. The first-order chi connectivity index (χ1) is 20.1. The molecule has 8 nitrogen and oxygen atoms in total. The Kier molecular flexibility index (Phi) is 7.98. The van der Waals surface area contributed by atoms with Gasteiger partial charge >= 0.3 is 6.18 Å². The van der Waals surface area contributed by atoms with Crippen LogP contribution in [-0.4, -0.2) is 46.8 Å². The van der Waals surface area contributed by atoms with E-state index in [4.69, 9.17) is 21.3 Å². The summed E-state index contributed by atoms with van der Waals surface area (Å²) in [5, 5.41) is 4.46. The second kappa shape index (κ2) is 11.5. The minimum Gasteiger partial charge on any atom is -0.383 e. The number of aromatic nitrogens is 4. The van der Waals surface area contributed by atoms with Crippen molar-refractivity contribution in [2.24, 2.45) is 12.2 Å². The lowest BCUT2D eigenvalue weighted by Crippen LogP contribution is -2.29. The molecule has 5 rings (SSSR count). The molecule has 0 radical (unpaired) electrons. The Morgan fingerprint density at radius 3 is 2.38 bits per heavy atom. The molecule has 0 bridgehead atoms. The van der Waals surface area contributed by atoms with Crippen LogP contribution in [0.3, 0.4) is 0 Å². The number of pyridine rings is 2. The third-order valence-electron chi connectivity index (χ3n) is 7.17. The number of rotatable bonds is 9. The summed E-state index contributed by atoms with van der Waals surface area (Å²) < 4.78 is 46.8. The molecular weight excluding hydrogens is 569 g/mol. The minimum atomic E-state index is -4.65. The van der Waals surface area contributed by atoms with Gasteiger partial charge in [0.25, 0.3) is 0 Å². The molecule has 12 heteroatoms. The van der Waals surface area contributed by atoms with Crippen molar-refractivity contribution >= 4 is 28.3 Å². The number of nitrogens with zero attached hydrogens (tertiary/aromatic N) is 6. The highest BCUT2D eigenvalue weighted by Crippen LogP contribution is 2.45. The highest BCUT2D eigenvalue weighted by atomic mass is 35.5. The Bertz CT molecular complexity index is 1730. The molecule has 0 aliphatic heterocycles. The van der Waals surface area contributed by atoms with Gasteiger partial charge in [-0.25, -0.2) is 9.97 Å². The van der Waals surface area contributed by atoms with Crippen LogP contribution in [0, 0.1) is 4.91 Å². The molecule has 5 aromatic rings. The Morgan fingerprint density at radius 2 is 1.79 bits per heavy atom. The highest BCUT2D eigenvalue weighted by Gasteiger charge is 2.42. The van der Waals surface area contributed by atoms with Crippen LogP contribution in [0.4, 0.5) is 19.0 Å². The third kappa shape index (κ3) is 5.10. The normalized spacial score (nSPS) is 13.2. The number of alkyl halides is 3. The van der Waals surface area contributed by atoms with Gasteiger partial charge in [0.05, 0.1) is 35.4 Å². The van der Waals surface area contributed by atoms with E-state index in [1.165, 1.54) is 18.6 Å². The number of ether oxygens (including phenoxy) is 1. The number of aryl methyl sites for hydroxylation is 1. The van der Waals surface area contributed by atoms with Crippen molar-refractivity contribution in [1.82, 2.24) is 19.5 Å². The van der Waals surface area contributed by atoms with Gasteiger partial charge in [-0.3, -0.25) is 4.98 Å². The number of imidazole rings is 1. The Balaban J connectivity index is 1.78. The molecule has 0 N–H and O–H groups in total. The lowest BCUT2D eigenvalue weighted by Gasteiger charge is -2.28. The first kappa shape index (κ1) is 29.2. The quantitative estimate of drug-likeness (QED) is 0.174. The van der Waals surface area contributed by atoms with E-state index >= 15 is 0 Å². The van der Waals surface area contributed by atoms with Crippen molar-refractivity contribution in [2.75, 3.05) is 32.2 Å². The van der Waals surface area contributed by atoms with E-state index in [9.17, 15) is 18.1 Å². The predicted molar refractivity (Wildman–Crippen MR) is 155 cm³/mol. The molecule has 42 heavy (non-hydrogen) atoms. The summed E-state index contributed by atoms with van der Waals surface area (Å²) in [5.41, 5.74) is 0.0249. The summed E-state index contributed by atoms with van der Waals surface area (Å²) in [6.45, 7) is 1.03. The molecule has 3 aromatic heterocycles. The fourth-order valence-corrected chi connectivity index (χ4v) is 5.35. The number of hydrogen-bond donors (Lipinski definition) is 0. The van der Waals surface area contributed by atoms with Gasteiger partial charge in [-0.1, -0.05) is 54.1 Å². The van der Waals surface area contributed by atoms with Crippen LogP contribution in [0.25, 0.3) is 22.0 Å². The zero-order valence-corrected chi connectivity index (χ0v) is 23.7. The number of halogens is 4. The molecular formula is C30H26ClF3N6O2. The fourth-order valence-electron chi connectivity index (χ4n) is 5.00. The lowest BCUT2D eigenvalue weighted by molar-refractivity contribution is -0.141. The van der Waals surface area contributed by atoms with E-state index in [0.29, 0.717) is 51.7 Å². The van der Waals surface area contributed by atoms with Gasteiger partial charge < -0.3 is 14.2 Å². The zero-order chi connectivity index (χ0) is 30.1. The summed E-state index contributed by atoms with van der Waals surface area (Å²) in [5.74, 6) is 0.641. The first-order valence-corrected chi connectivity index (χ1v) is 13.2. The van der Waals surface area contributed by atoms with E-state index in [2.05, 4.69) is 15.1 Å². The molecule has 0 fully saturated rings. The Hall–Kier alpha value is -4.35. The van der Waals surface area contributed by atoms with Gasteiger partial charge in [0.2, 0.25) is 0 Å². The first-order valence-electron chi connectivity index (χ1n) is 12.9. The molecule has 0 aliphatic carbocycles. The number of nitroso groups, excluding NO2 is 1. The van der Waals surface area contributed by atoms with Crippen molar-refractivity contribution in [3.8, 4) is 11.1 Å². The molecule has 0 saturated carbocycles. The van der Waals surface area contributed by atoms with Gasteiger partial charge in [-0.2, -0.15) is 13.2 Å². The zero-order valence-electron chi connectivity index (χ0n) is 22.9. The smallest absolute Gasteiger partial charge is 0.383 e. The largest absolute Gasteiger partial charge is 0.433 e. The standard InChI is InChI=1S/C30H26ClF3N6O2/c1-39(13-14-42-3)28-26(19-7-5-4-6-8-19)27(31)22-15-20(9-11-23(22)37-28)29(38-41,25-17-35-18-40(25)2)21-10-12-24(36-16-21)30(32,33)34/h4-12,15-18H,13-14H2,1-3H3. The fraction of sp³-hybridized carbons (Fsp3) is 0.233. The van der Waals surface area contributed by atoms with E-state index in [1.807, 2.05) is 42.3 Å². The van der Waals surface area contributed by atoms with Gasteiger partial charge in [0.15, 0.2) is 5.54 Å².